The van der Waals surface area contributed by atoms with Crippen molar-refractivity contribution in [3.63, 3.8) is 0 Å². The fourth-order valence-corrected chi connectivity index (χ4v) is 2.57. The van der Waals surface area contributed by atoms with Gasteiger partial charge in [-0.1, -0.05) is 23.7 Å². The Bertz CT molecular complexity index is 751. The Hall–Kier alpha value is -2.15. The third-order valence-electron chi connectivity index (χ3n) is 3.50. The second-order valence-corrected chi connectivity index (χ2v) is 5.95. The molecule has 0 radical (unpaired) electrons. The second kappa shape index (κ2) is 7.17. The van der Waals surface area contributed by atoms with Crippen LogP contribution in [0.25, 0.3) is 11.3 Å². The highest BCUT2D eigenvalue weighted by atomic mass is 35.5. The molecule has 0 saturated carbocycles. The fraction of sp³-hybridized carbons (Fsp3) is 0.294. The molecule has 2 heterocycles. The number of nitrogens with one attached hydrogen (secondary N) is 1. The molecule has 6 nitrogen and oxygen atoms in total. The van der Waals surface area contributed by atoms with Crippen LogP contribution in [0.5, 0.6) is 0 Å². The minimum atomic E-state index is -0.871. The summed E-state index contributed by atoms with van der Waals surface area (Å²) in [7, 11) is 0. The molecule has 1 aliphatic rings. The number of hydrazone groups is 1. The van der Waals surface area contributed by atoms with Crippen LogP contribution < -0.4 is 5.43 Å². The van der Waals surface area contributed by atoms with Gasteiger partial charge in [0.25, 0.3) is 0 Å². The summed E-state index contributed by atoms with van der Waals surface area (Å²) in [5.74, 6) is 0.0250. The number of ether oxygens (including phenoxy) is 2. The first-order valence-electron chi connectivity index (χ1n) is 7.50. The summed E-state index contributed by atoms with van der Waals surface area (Å²) in [6, 6.07) is 10.9. The van der Waals surface area contributed by atoms with Crippen molar-refractivity contribution in [3.05, 3.63) is 47.2 Å². The first-order chi connectivity index (χ1) is 11.5. The van der Waals surface area contributed by atoms with Crippen molar-refractivity contribution in [2.45, 2.75) is 19.1 Å². The first-order valence-corrected chi connectivity index (χ1v) is 7.87. The van der Waals surface area contributed by atoms with Crippen LogP contribution in [0.2, 0.25) is 5.02 Å². The van der Waals surface area contributed by atoms with Gasteiger partial charge in [-0.15, -0.1) is 0 Å². The molecule has 7 heteroatoms. The molecule has 24 heavy (non-hydrogen) atoms. The standard InChI is InChI=1S/C17H17ClN2O4/c1-17(22-7-8-23-17)10-16(21)20-19-11-14-5-6-15(24-14)12-3-2-4-13(18)9-12/h2-6,9,11H,7-8,10H2,1H3,(H,20,21)/b19-11+. The minimum absolute atomic E-state index is 0.0796. The predicted octanol–water partition coefficient (Wildman–Crippen LogP) is 3.20. The van der Waals surface area contributed by atoms with Gasteiger partial charge in [-0.05, 0) is 31.2 Å². The Kier molecular flexibility index (Phi) is 4.99. The van der Waals surface area contributed by atoms with Crippen LogP contribution in [0, 0.1) is 0 Å². The Morgan fingerprint density at radius 1 is 1.33 bits per heavy atom. The molecule has 1 aromatic heterocycles. The van der Waals surface area contributed by atoms with Crippen LogP contribution >= 0.6 is 11.6 Å². The van der Waals surface area contributed by atoms with Gasteiger partial charge in [0.1, 0.15) is 11.5 Å². The van der Waals surface area contributed by atoms with Gasteiger partial charge in [-0.3, -0.25) is 4.79 Å². The Balaban J connectivity index is 1.56. The topological polar surface area (TPSA) is 73.1 Å². The van der Waals surface area contributed by atoms with Crippen molar-refractivity contribution in [1.82, 2.24) is 5.43 Å². The second-order valence-electron chi connectivity index (χ2n) is 5.51. The number of furan rings is 1. The largest absolute Gasteiger partial charge is 0.455 e. The number of amides is 1. The highest BCUT2D eigenvalue weighted by Crippen LogP contribution is 2.24. The Morgan fingerprint density at radius 3 is 2.88 bits per heavy atom. The van der Waals surface area contributed by atoms with Crippen molar-refractivity contribution in [2.24, 2.45) is 5.10 Å². The van der Waals surface area contributed by atoms with Crippen LogP contribution in [0.15, 0.2) is 45.9 Å². The van der Waals surface area contributed by atoms with Gasteiger partial charge in [0.2, 0.25) is 5.91 Å². The van der Waals surface area contributed by atoms with Gasteiger partial charge in [0.15, 0.2) is 5.79 Å². The number of rotatable bonds is 5. The average Bonchev–Trinajstić information content (AvgIpc) is 3.17. The molecule has 1 saturated heterocycles. The lowest BCUT2D eigenvalue weighted by Crippen LogP contribution is -2.33. The first kappa shape index (κ1) is 16.7. The molecular weight excluding hydrogens is 332 g/mol. The lowest BCUT2D eigenvalue weighted by molar-refractivity contribution is -0.159. The zero-order valence-corrected chi connectivity index (χ0v) is 13.9. The van der Waals surface area contributed by atoms with E-state index < -0.39 is 5.79 Å². The zero-order chi connectivity index (χ0) is 17.0. The third kappa shape index (κ3) is 4.23. The van der Waals surface area contributed by atoms with E-state index in [1.807, 2.05) is 24.3 Å². The van der Waals surface area contributed by atoms with Gasteiger partial charge in [-0.2, -0.15) is 5.10 Å². The maximum absolute atomic E-state index is 11.8. The molecule has 1 aromatic carbocycles. The number of halogens is 1. The fourth-order valence-electron chi connectivity index (χ4n) is 2.38. The van der Waals surface area contributed by atoms with Gasteiger partial charge >= 0.3 is 0 Å². The van der Waals surface area contributed by atoms with Crippen LogP contribution in [-0.4, -0.2) is 31.1 Å². The van der Waals surface area contributed by atoms with E-state index in [9.17, 15) is 4.79 Å². The van der Waals surface area contributed by atoms with Crippen molar-refractivity contribution in [2.75, 3.05) is 13.2 Å². The van der Waals surface area contributed by atoms with E-state index >= 15 is 0 Å². The van der Waals surface area contributed by atoms with Gasteiger partial charge in [0, 0.05) is 10.6 Å². The van der Waals surface area contributed by atoms with E-state index in [0.29, 0.717) is 29.8 Å². The summed E-state index contributed by atoms with van der Waals surface area (Å²) in [6.07, 6.45) is 1.51. The maximum Gasteiger partial charge on any atom is 0.245 e. The maximum atomic E-state index is 11.8. The molecule has 1 N–H and O–H groups in total. The van der Waals surface area contributed by atoms with Crippen LogP contribution in [0.3, 0.4) is 0 Å². The van der Waals surface area contributed by atoms with E-state index in [-0.39, 0.29) is 12.3 Å². The van der Waals surface area contributed by atoms with Crippen LogP contribution in [0.1, 0.15) is 19.1 Å². The van der Waals surface area contributed by atoms with Gasteiger partial charge in [0.05, 0.1) is 25.8 Å². The molecule has 0 atom stereocenters. The SMILES string of the molecule is CC1(CC(=O)N/N=C/c2ccc(-c3cccc(Cl)c3)o2)OCCO1. The average molecular weight is 349 g/mol. The molecule has 1 fully saturated rings. The molecule has 1 amide bonds. The highest BCUT2D eigenvalue weighted by Gasteiger charge is 2.33. The van der Waals surface area contributed by atoms with Crippen LogP contribution in [-0.2, 0) is 14.3 Å². The van der Waals surface area contributed by atoms with Gasteiger partial charge in [-0.25, -0.2) is 5.43 Å². The summed E-state index contributed by atoms with van der Waals surface area (Å²) < 4.78 is 16.4. The smallest absolute Gasteiger partial charge is 0.245 e. The van der Waals surface area contributed by atoms with E-state index in [4.69, 9.17) is 25.5 Å². The minimum Gasteiger partial charge on any atom is -0.455 e. The molecule has 126 valence electrons. The summed E-state index contributed by atoms with van der Waals surface area (Å²) in [5, 5.41) is 4.52. The summed E-state index contributed by atoms with van der Waals surface area (Å²) in [5.41, 5.74) is 3.30. The number of hydrogen-bond acceptors (Lipinski definition) is 5. The van der Waals surface area contributed by atoms with Gasteiger partial charge < -0.3 is 13.9 Å². The van der Waals surface area contributed by atoms with Crippen molar-refractivity contribution in [3.8, 4) is 11.3 Å². The summed E-state index contributed by atoms with van der Waals surface area (Å²) >= 11 is 5.97. The summed E-state index contributed by atoms with van der Waals surface area (Å²) in [4.78, 5) is 11.8. The predicted molar refractivity (Wildman–Crippen MR) is 89.8 cm³/mol. The van der Waals surface area contributed by atoms with Crippen molar-refractivity contribution in [1.29, 1.82) is 0 Å². The molecule has 0 bridgehead atoms. The number of nitrogens with zero attached hydrogens (tertiary/aromatic N) is 1. The van der Waals surface area contributed by atoms with E-state index in [1.165, 1.54) is 6.21 Å². The Morgan fingerprint density at radius 2 is 2.12 bits per heavy atom. The molecular formula is C17H17ClN2O4. The molecule has 3 rings (SSSR count). The number of carbonyl (C=O) groups excluding carboxylic acids is 1. The van der Waals surface area contributed by atoms with Crippen molar-refractivity contribution < 1.29 is 18.7 Å². The van der Waals surface area contributed by atoms with E-state index in [0.717, 1.165) is 5.56 Å². The number of benzene rings is 1. The zero-order valence-electron chi connectivity index (χ0n) is 13.1. The third-order valence-corrected chi connectivity index (χ3v) is 3.73. The lowest BCUT2D eigenvalue weighted by Gasteiger charge is -2.20. The number of hydrogen-bond donors (Lipinski definition) is 1. The lowest BCUT2D eigenvalue weighted by atomic mass is 10.2. The normalized spacial score (nSPS) is 16.6. The molecule has 1 aliphatic heterocycles. The van der Waals surface area contributed by atoms with Crippen molar-refractivity contribution >= 4 is 23.7 Å². The van der Waals surface area contributed by atoms with E-state index in [2.05, 4.69) is 10.5 Å². The quantitative estimate of drug-likeness (QED) is 0.665. The highest BCUT2D eigenvalue weighted by molar-refractivity contribution is 6.30. The molecule has 2 aromatic rings. The molecule has 0 aliphatic carbocycles. The molecule has 0 unspecified atom stereocenters. The monoisotopic (exact) mass is 348 g/mol. The summed E-state index contributed by atoms with van der Waals surface area (Å²) in [6.45, 7) is 2.71. The van der Waals surface area contributed by atoms with E-state index in [1.54, 1.807) is 19.1 Å². The Labute approximate surface area is 144 Å². The van der Waals surface area contributed by atoms with Crippen LogP contribution in [0.4, 0.5) is 0 Å². The number of carbonyl (C=O) groups is 1. The molecule has 0 spiro atoms.